The van der Waals surface area contributed by atoms with E-state index in [-0.39, 0.29) is 30.0 Å². The van der Waals surface area contributed by atoms with Crippen molar-refractivity contribution in [2.45, 2.75) is 32.7 Å². The van der Waals surface area contributed by atoms with Crippen molar-refractivity contribution < 1.29 is 9.47 Å². The molecule has 0 aliphatic rings. The lowest BCUT2D eigenvalue weighted by Crippen LogP contribution is -2.40. The van der Waals surface area contributed by atoms with E-state index in [9.17, 15) is 0 Å². The Labute approximate surface area is 150 Å². The summed E-state index contributed by atoms with van der Waals surface area (Å²) < 4.78 is 10.6. The van der Waals surface area contributed by atoms with Crippen molar-refractivity contribution in [1.82, 2.24) is 5.32 Å². The smallest absolute Gasteiger partial charge is 0.188 e. The molecule has 1 aromatic carbocycles. The minimum atomic E-state index is 0. The van der Waals surface area contributed by atoms with Gasteiger partial charge in [0, 0.05) is 13.2 Å². The molecule has 126 valence electrons. The van der Waals surface area contributed by atoms with Crippen molar-refractivity contribution in [1.29, 1.82) is 0 Å². The lowest BCUT2D eigenvalue weighted by Gasteiger charge is -2.13. The van der Waals surface area contributed by atoms with Crippen LogP contribution in [0.1, 0.15) is 32.3 Å². The lowest BCUT2D eigenvalue weighted by molar-refractivity contribution is 0.179. The van der Waals surface area contributed by atoms with Gasteiger partial charge in [0.1, 0.15) is 12.4 Å². The van der Waals surface area contributed by atoms with E-state index < -0.39 is 0 Å². The van der Waals surface area contributed by atoms with Crippen LogP contribution >= 0.6 is 24.0 Å². The SMILES string of the molecule is COCC(C)NC(N)=NCCOc1ccc(C(C)C)cc1.I. The van der Waals surface area contributed by atoms with Gasteiger partial charge in [0.15, 0.2) is 5.96 Å². The Hall–Kier alpha value is -1.02. The molecule has 0 aromatic heterocycles. The molecule has 1 unspecified atom stereocenters. The van der Waals surface area contributed by atoms with Crippen LogP contribution in [0.4, 0.5) is 0 Å². The third-order valence-electron chi connectivity index (χ3n) is 3.00. The Kier molecular flexibility index (Phi) is 11.0. The van der Waals surface area contributed by atoms with E-state index in [0.29, 0.717) is 31.6 Å². The van der Waals surface area contributed by atoms with E-state index >= 15 is 0 Å². The molecule has 0 aliphatic carbocycles. The predicted octanol–water partition coefficient (Wildman–Crippen LogP) is 2.75. The summed E-state index contributed by atoms with van der Waals surface area (Å²) in [6.07, 6.45) is 0. The van der Waals surface area contributed by atoms with Crippen LogP contribution in [-0.2, 0) is 4.74 Å². The number of aliphatic imine (C=N–C) groups is 1. The number of ether oxygens (including phenoxy) is 2. The van der Waals surface area contributed by atoms with Gasteiger partial charge >= 0.3 is 0 Å². The van der Waals surface area contributed by atoms with Gasteiger partial charge in [-0.1, -0.05) is 26.0 Å². The molecule has 3 N–H and O–H groups in total. The number of benzene rings is 1. The van der Waals surface area contributed by atoms with E-state index in [1.165, 1.54) is 5.56 Å². The van der Waals surface area contributed by atoms with E-state index in [2.05, 4.69) is 36.3 Å². The van der Waals surface area contributed by atoms with Crippen LogP contribution in [-0.4, -0.2) is 38.9 Å². The lowest BCUT2D eigenvalue weighted by atomic mass is 10.0. The Morgan fingerprint density at radius 1 is 1.23 bits per heavy atom. The molecular formula is C16H28IN3O2. The summed E-state index contributed by atoms with van der Waals surface area (Å²) in [5, 5.41) is 3.05. The Balaban J connectivity index is 0.00000441. The van der Waals surface area contributed by atoms with Crippen LogP contribution in [0.3, 0.4) is 0 Å². The van der Waals surface area contributed by atoms with Crippen LogP contribution in [0.15, 0.2) is 29.3 Å². The molecule has 0 aliphatic heterocycles. The number of hydrogen-bond acceptors (Lipinski definition) is 3. The highest BCUT2D eigenvalue weighted by atomic mass is 127. The number of guanidine groups is 1. The van der Waals surface area contributed by atoms with Gasteiger partial charge in [0.25, 0.3) is 0 Å². The molecule has 0 spiro atoms. The first-order valence-corrected chi connectivity index (χ1v) is 7.31. The third kappa shape index (κ3) is 8.43. The first-order chi connectivity index (χ1) is 10.0. The highest BCUT2D eigenvalue weighted by molar-refractivity contribution is 14.0. The molecule has 22 heavy (non-hydrogen) atoms. The van der Waals surface area contributed by atoms with E-state index in [1.807, 2.05) is 19.1 Å². The summed E-state index contributed by atoms with van der Waals surface area (Å²) in [4.78, 5) is 4.21. The average molecular weight is 421 g/mol. The molecule has 0 radical (unpaired) electrons. The van der Waals surface area contributed by atoms with E-state index in [4.69, 9.17) is 15.2 Å². The van der Waals surface area contributed by atoms with Crippen LogP contribution in [0.5, 0.6) is 5.75 Å². The van der Waals surface area contributed by atoms with Gasteiger partial charge < -0.3 is 20.5 Å². The molecule has 0 heterocycles. The fourth-order valence-corrected chi connectivity index (χ4v) is 1.87. The molecule has 0 bridgehead atoms. The number of rotatable bonds is 8. The summed E-state index contributed by atoms with van der Waals surface area (Å²) in [6, 6.07) is 8.29. The molecule has 1 aromatic rings. The average Bonchev–Trinajstić information content (AvgIpc) is 2.44. The summed E-state index contributed by atoms with van der Waals surface area (Å²) in [5.74, 6) is 1.80. The highest BCUT2D eigenvalue weighted by Crippen LogP contribution is 2.18. The standard InChI is InChI=1S/C16H27N3O2.HI/c1-12(2)14-5-7-15(8-6-14)21-10-9-18-16(17)19-13(3)11-20-4;/h5-8,12-13H,9-11H2,1-4H3,(H3,17,18,19);1H. The quantitative estimate of drug-likeness (QED) is 0.293. The van der Waals surface area contributed by atoms with Crippen molar-refractivity contribution in [3.05, 3.63) is 29.8 Å². The molecule has 1 atom stereocenters. The van der Waals surface area contributed by atoms with E-state index in [1.54, 1.807) is 7.11 Å². The molecule has 0 amide bonds. The van der Waals surface area contributed by atoms with Crippen molar-refractivity contribution in [2.75, 3.05) is 26.9 Å². The zero-order valence-electron chi connectivity index (χ0n) is 13.8. The zero-order valence-corrected chi connectivity index (χ0v) is 16.2. The maximum atomic E-state index is 5.77. The Morgan fingerprint density at radius 2 is 1.86 bits per heavy atom. The Morgan fingerprint density at radius 3 is 2.41 bits per heavy atom. The second kappa shape index (κ2) is 11.5. The van der Waals surface area contributed by atoms with Gasteiger partial charge in [-0.05, 0) is 30.5 Å². The molecule has 5 nitrogen and oxygen atoms in total. The predicted molar refractivity (Wildman–Crippen MR) is 102 cm³/mol. The first-order valence-electron chi connectivity index (χ1n) is 7.31. The summed E-state index contributed by atoms with van der Waals surface area (Å²) in [5.41, 5.74) is 7.07. The van der Waals surface area contributed by atoms with Crippen LogP contribution < -0.4 is 15.8 Å². The number of halogens is 1. The third-order valence-corrected chi connectivity index (χ3v) is 3.00. The second-order valence-corrected chi connectivity index (χ2v) is 5.34. The molecule has 0 saturated carbocycles. The number of methoxy groups -OCH3 is 1. The molecule has 1 rings (SSSR count). The minimum absolute atomic E-state index is 0. The van der Waals surface area contributed by atoms with Crippen molar-refractivity contribution >= 4 is 29.9 Å². The van der Waals surface area contributed by atoms with E-state index in [0.717, 1.165) is 5.75 Å². The zero-order chi connectivity index (χ0) is 15.7. The van der Waals surface area contributed by atoms with Gasteiger partial charge in [-0.3, -0.25) is 0 Å². The fraction of sp³-hybridized carbons (Fsp3) is 0.562. The van der Waals surface area contributed by atoms with Gasteiger partial charge in [0.05, 0.1) is 13.2 Å². The maximum Gasteiger partial charge on any atom is 0.188 e. The van der Waals surface area contributed by atoms with Crippen LogP contribution in [0.2, 0.25) is 0 Å². The van der Waals surface area contributed by atoms with Crippen molar-refractivity contribution in [3.8, 4) is 5.75 Å². The van der Waals surface area contributed by atoms with Crippen LogP contribution in [0, 0.1) is 0 Å². The van der Waals surface area contributed by atoms with Crippen molar-refractivity contribution in [2.24, 2.45) is 10.7 Å². The number of hydrogen-bond donors (Lipinski definition) is 2. The first kappa shape index (κ1) is 21.0. The van der Waals surface area contributed by atoms with Crippen LogP contribution in [0.25, 0.3) is 0 Å². The van der Waals surface area contributed by atoms with Gasteiger partial charge in [0.2, 0.25) is 0 Å². The van der Waals surface area contributed by atoms with Gasteiger partial charge in [-0.2, -0.15) is 0 Å². The number of nitrogens with one attached hydrogen (secondary N) is 1. The van der Waals surface area contributed by atoms with Gasteiger partial charge in [-0.25, -0.2) is 4.99 Å². The van der Waals surface area contributed by atoms with Gasteiger partial charge in [-0.15, -0.1) is 24.0 Å². The van der Waals surface area contributed by atoms with Crippen molar-refractivity contribution in [3.63, 3.8) is 0 Å². The summed E-state index contributed by atoms with van der Waals surface area (Å²) in [7, 11) is 1.66. The minimum Gasteiger partial charge on any atom is -0.492 e. The number of nitrogens with zero attached hydrogens (tertiary/aromatic N) is 1. The molecule has 0 saturated heterocycles. The summed E-state index contributed by atoms with van der Waals surface area (Å²) >= 11 is 0. The molecule has 6 heteroatoms. The number of nitrogens with two attached hydrogens (primary N) is 1. The fourth-order valence-electron chi connectivity index (χ4n) is 1.87. The Bertz CT molecular complexity index is 436. The maximum absolute atomic E-state index is 5.77. The molecular weight excluding hydrogens is 393 g/mol. The second-order valence-electron chi connectivity index (χ2n) is 5.34. The largest absolute Gasteiger partial charge is 0.492 e. The molecule has 0 fully saturated rings. The topological polar surface area (TPSA) is 68.9 Å². The normalized spacial score (nSPS) is 12.7. The monoisotopic (exact) mass is 421 g/mol. The summed E-state index contributed by atoms with van der Waals surface area (Å²) in [6.45, 7) is 7.94. The highest BCUT2D eigenvalue weighted by Gasteiger charge is 2.01.